The van der Waals surface area contributed by atoms with E-state index >= 15 is 0 Å². The van der Waals surface area contributed by atoms with Gasteiger partial charge in [-0.3, -0.25) is 0 Å². The van der Waals surface area contributed by atoms with Gasteiger partial charge in [0, 0.05) is 24.7 Å². The summed E-state index contributed by atoms with van der Waals surface area (Å²) in [6.45, 7) is 1.27. The Morgan fingerprint density at radius 2 is 1.61 bits per heavy atom. The first-order valence-corrected chi connectivity index (χ1v) is 11.7. The van der Waals surface area contributed by atoms with Crippen LogP contribution in [0.2, 0.25) is 0 Å². The van der Waals surface area contributed by atoms with Crippen molar-refractivity contribution in [3.63, 3.8) is 0 Å². The number of aromatic nitrogens is 4. The zero-order chi connectivity index (χ0) is 19.4. The molecule has 2 fully saturated rings. The Balaban J connectivity index is 1.33. The van der Waals surface area contributed by atoms with Gasteiger partial charge in [0.25, 0.3) is 10.2 Å². The molecule has 4 rings (SSSR count). The molecule has 0 bridgehead atoms. The minimum absolute atomic E-state index is 0.0124. The Labute approximate surface area is 166 Å². The minimum Gasteiger partial charge on any atom is -0.199 e. The number of rotatable bonds is 5. The molecular weight excluding hydrogens is 376 g/mol. The van der Waals surface area contributed by atoms with Gasteiger partial charge in [-0.05, 0) is 43.7 Å². The van der Waals surface area contributed by atoms with E-state index in [4.69, 9.17) is 0 Å². The van der Waals surface area contributed by atoms with E-state index in [1.165, 1.54) is 0 Å². The molecular formula is C19H28N6O2S. The van der Waals surface area contributed by atoms with Crippen LogP contribution in [0.4, 0.5) is 0 Å². The summed E-state index contributed by atoms with van der Waals surface area (Å²) in [4.78, 5) is 1.70. The van der Waals surface area contributed by atoms with Crippen LogP contribution in [0.3, 0.4) is 0 Å². The predicted molar refractivity (Wildman–Crippen MR) is 107 cm³/mol. The zero-order valence-corrected chi connectivity index (χ0v) is 16.9. The maximum Gasteiger partial charge on any atom is 0.279 e. The Morgan fingerprint density at radius 1 is 0.929 bits per heavy atom. The van der Waals surface area contributed by atoms with Crippen LogP contribution in [0, 0.1) is 0 Å². The van der Waals surface area contributed by atoms with E-state index in [0.717, 1.165) is 56.9 Å². The van der Waals surface area contributed by atoms with Crippen molar-refractivity contribution in [3.8, 4) is 11.4 Å². The number of benzene rings is 1. The van der Waals surface area contributed by atoms with Crippen molar-refractivity contribution in [1.29, 1.82) is 0 Å². The zero-order valence-electron chi connectivity index (χ0n) is 16.1. The van der Waals surface area contributed by atoms with E-state index in [1.54, 1.807) is 9.10 Å². The molecule has 2 heterocycles. The standard InChI is InChI=1S/C19H28N6O2S/c26-28(27,24-14-6-1-2-7-15-24)22-17-10-12-18(13-11-17)25-21-19(20-23-25)16-8-4-3-5-9-16/h3-5,8-9,17-18,22H,1-2,6-7,10-15H2. The number of tetrazole rings is 1. The average molecular weight is 405 g/mol. The lowest BCUT2D eigenvalue weighted by atomic mass is 9.92. The first-order chi connectivity index (χ1) is 13.6. The van der Waals surface area contributed by atoms with E-state index in [1.807, 2.05) is 30.3 Å². The van der Waals surface area contributed by atoms with Gasteiger partial charge >= 0.3 is 0 Å². The Hall–Kier alpha value is -1.84. The largest absolute Gasteiger partial charge is 0.279 e. The fourth-order valence-electron chi connectivity index (χ4n) is 4.07. The molecule has 0 radical (unpaired) electrons. The van der Waals surface area contributed by atoms with Crippen LogP contribution in [0.5, 0.6) is 0 Å². The summed E-state index contributed by atoms with van der Waals surface area (Å²) in [6, 6.07) is 9.97. The summed E-state index contributed by atoms with van der Waals surface area (Å²) in [7, 11) is -3.39. The molecule has 2 aromatic rings. The first-order valence-electron chi connectivity index (χ1n) is 10.2. The van der Waals surface area contributed by atoms with Gasteiger partial charge in [0.15, 0.2) is 0 Å². The molecule has 0 unspecified atom stereocenters. The summed E-state index contributed by atoms with van der Waals surface area (Å²) in [5.41, 5.74) is 0.952. The molecule has 1 aliphatic carbocycles. The van der Waals surface area contributed by atoms with Crippen molar-refractivity contribution in [2.75, 3.05) is 13.1 Å². The quantitative estimate of drug-likeness (QED) is 0.827. The van der Waals surface area contributed by atoms with Crippen molar-refractivity contribution in [1.82, 2.24) is 29.2 Å². The predicted octanol–water partition coefficient (Wildman–Crippen LogP) is 2.53. The Morgan fingerprint density at radius 3 is 2.29 bits per heavy atom. The molecule has 152 valence electrons. The summed E-state index contributed by atoms with van der Waals surface area (Å²) in [6.07, 6.45) is 7.42. The van der Waals surface area contributed by atoms with Crippen LogP contribution in [0.1, 0.15) is 57.4 Å². The van der Waals surface area contributed by atoms with Crippen LogP contribution >= 0.6 is 0 Å². The second-order valence-corrected chi connectivity index (χ2v) is 9.44. The minimum atomic E-state index is -3.39. The monoisotopic (exact) mass is 404 g/mol. The van der Waals surface area contributed by atoms with Crippen LogP contribution < -0.4 is 4.72 Å². The summed E-state index contributed by atoms with van der Waals surface area (Å²) in [5.74, 6) is 0.629. The fourth-order valence-corrected chi connectivity index (χ4v) is 5.62. The second kappa shape index (κ2) is 8.67. The molecule has 9 heteroatoms. The van der Waals surface area contributed by atoms with Crippen LogP contribution in [0.15, 0.2) is 30.3 Å². The smallest absolute Gasteiger partial charge is 0.199 e. The maximum absolute atomic E-state index is 12.7. The second-order valence-electron chi connectivity index (χ2n) is 7.74. The molecule has 1 aromatic heterocycles. The highest BCUT2D eigenvalue weighted by atomic mass is 32.2. The molecule has 28 heavy (non-hydrogen) atoms. The number of hydrogen-bond acceptors (Lipinski definition) is 5. The molecule has 1 saturated heterocycles. The van der Waals surface area contributed by atoms with Gasteiger partial charge in [-0.15, -0.1) is 10.2 Å². The number of nitrogens with zero attached hydrogens (tertiary/aromatic N) is 5. The molecule has 0 amide bonds. The van der Waals surface area contributed by atoms with E-state index in [0.29, 0.717) is 18.9 Å². The van der Waals surface area contributed by atoms with Crippen molar-refractivity contribution in [2.24, 2.45) is 0 Å². The molecule has 2 aliphatic rings. The maximum atomic E-state index is 12.7. The van der Waals surface area contributed by atoms with Gasteiger partial charge in [0.1, 0.15) is 0 Å². The molecule has 1 N–H and O–H groups in total. The van der Waals surface area contributed by atoms with Gasteiger partial charge < -0.3 is 0 Å². The normalized spacial score (nSPS) is 24.7. The third-order valence-electron chi connectivity index (χ3n) is 5.70. The lowest BCUT2D eigenvalue weighted by molar-refractivity contribution is 0.266. The van der Waals surface area contributed by atoms with Crippen molar-refractivity contribution >= 4 is 10.2 Å². The topological polar surface area (TPSA) is 93.0 Å². The summed E-state index contributed by atoms with van der Waals surface area (Å²) < 4.78 is 29.9. The molecule has 1 saturated carbocycles. The van der Waals surface area contributed by atoms with Crippen molar-refractivity contribution < 1.29 is 8.42 Å². The third kappa shape index (κ3) is 4.59. The van der Waals surface area contributed by atoms with Gasteiger partial charge in [-0.2, -0.15) is 22.2 Å². The summed E-state index contributed by atoms with van der Waals surface area (Å²) in [5, 5.41) is 12.9. The van der Waals surface area contributed by atoms with Crippen LogP contribution in [0.25, 0.3) is 11.4 Å². The number of nitrogens with one attached hydrogen (secondary N) is 1. The lowest BCUT2D eigenvalue weighted by Gasteiger charge is -2.30. The van der Waals surface area contributed by atoms with Gasteiger partial charge in [-0.25, -0.2) is 0 Å². The first kappa shape index (κ1) is 19.5. The Bertz CT molecular complexity index is 854. The van der Waals surface area contributed by atoms with E-state index < -0.39 is 10.2 Å². The van der Waals surface area contributed by atoms with Gasteiger partial charge in [0.2, 0.25) is 5.82 Å². The molecule has 8 nitrogen and oxygen atoms in total. The fraction of sp³-hybridized carbons (Fsp3) is 0.632. The molecule has 0 spiro atoms. The molecule has 1 aliphatic heterocycles. The molecule has 1 aromatic carbocycles. The van der Waals surface area contributed by atoms with Gasteiger partial charge in [0.05, 0.1) is 6.04 Å². The SMILES string of the molecule is O=S(=O)(NC1CCC(n2nnc(-c3ccccc3)n2)CC1)N1CCCCCC1. The van der Waals surface area contributed by atoms with Crippen molar-refractivity contribution in [2.45, 2.75) is 63.5 Å². The van der Waals surface area contributed by atoms with Gasteiger partial charge in [-0.1, -0.05) is 43.2 Å². The summed E-state index contributed by atoms with van der Waals surface area (Å²) >= 11 is 0. The third-order valence-corrected chi connectivity index (χ3v) is 7.38. The molecule has 0 atom stereocenters. The van der Waals surface area contributed by atoms with Crippen molar-refractivity contribution in [3.05, 3.63) is 30.3 Å². The highest BCUT2D eigenvalue weighted by molar-refractivity contribution is 7.87. The highest BCUT2D eigenvalue weighted by Gasteiger charge is 2.30. The average Bonchev–Trinajstić information content (AvgIpc) is 3.03. The van der Waals surface area contributed by atoms with E-state index in [9.17, 15) is 8.42 Å². The Kier molecular flexibility index (Phi) is 6.03. The van der Waals surface area contributed by atoms with Crippen LogP contribution in [-0.2, 0) is 10.2 Å². The van der Waals surface area contributed by atoms with E-state index in [-0.39, 0.29) is 12.1 Å². The van der Waals surface area contributed by atoms with Crippen LogP contribution in [-0.4, -0.2) is 52.1 Å². The number of hydrogen-bond donors (Lipinski definition) is 1. The highest BCUT2D eigenvalue weighted by Crippen LogP contribution is 2.28. The van der Waals surface area contributed by atoms with E-state index in [2.05, 4.69) is 20.1 Å². The lowest BCUT2D eigenvalue weighted by Crippen LogP contribution is -2.46.